The van der Waals surface area contributed by atoms with E-state index in [0.29, 0.717) is 5.92 Å². The summed E-state index contributed by atoms with van der Waals surface area (Å²) < 4.78 is 0. The zero-order valence-corrected chi connectivity index (χ0v) is 15.5. The number of benzene rings is 1. The fraction of sp³-hybridized carbons (Fsp3) is 0.400. The maximum Gasteiger partial charge on any atom is 0.0794 e. The van der Waals surface area contributed by atoms with Crippen molar-refractivity contribution in [3.05, 3.63) is 58.8 Å². The predicted octanol–water partition coefficient (Wildman–Crippen LogP) is 3.30. The molecule has 3 aromatic rings. The number of rotatable bonds is 4. The summed E-state index contributed by atoms with van der Waals surface area (Å²) >= 11 is 1.75. The van der Waals surface area contributed by atoms with Crippen molar-refractivity contribution in [1.82, 2.24) is 19.8 Å². The van der Waals surface area contributed by atoms with Crippen molar-refractivity contribution in [3.8, 4) is 0 Å². The van der Waals surface area contributed by atoms with E-state index < -0.39 is 0 Å². The first-order valence-electron chi connectivity index (χ1n) is 8.88. The van der Waals surface area contributed by atoms with Gasteiger partial charge in [0.2, 0.25) is 0 Å². The quantitative estimate of drug-likeness (QED) is 0.721. The average molecular weight is 353 g/mol. The maximum absolute atomic E-state index is 4.47. The zero-order valence-electron chi connectivity index (χ0n) is 14.6. The Morgan fingerprint density at radius 3 is 2.88 bits per heavy atom. The molecule has 1 aliphatic rings. The highest BCUT2D eigenvalue weighted by Gasteiger charge is 2.22. The summed E-state index contributed by atoms with van der Waals surface area (Å²) in [5, 5.41) is 2.59. The van der Waals surface area contributed by atoms with Crippen molar-refractivity contribution in [3.63, 3.8) is 0 Å². The highest BCUT2D eigenvalue weighted by Crippen LogP contribution is 2.22. The van der Waals surface area contributed by atoms with E-state index in [9.17, 15) is 0 Å². The number of fused-ring (bicyclic) bond motifs is 1. The molecule has 1 atom stereocenters. The Balaban J connectivity index is 1.53. The van der Waals surface area contributed by atoms with Gasteiger partial charge in [0.05, 0.1) is 5.51 Å². The van der Waals surface area contributed by atoms with Crippen molar-refractivity contribution >= 4 is 22.1 Å². The van der Waals surface area contributed by atoms with Crippen LogP contribution < -0.4 is 0 Å². The minimum absolute atomic E-state index is 0.619. The highest BCUT2D eigenvalue weighted by atomic mass is 32.1. The maximum atomic E-state index is 4.47. The van der Waals surface area contributed by atoms with E-state index in [1.165, 1.54) is 21.2 Å². The van der Waals surface area contributed by atoms with Crippen LogP contribution in [0.1, 0.15) is 10.4 Å². The van der Waals surface area contributed by atoms with Gasteiger partial charge in [-0.3, -0.25) is 14.9 Å². The number of hydrogen-bond donors (Lipinski definition) is 0. The van der Waals surface area contributed by atoms with Crippen LogP contribution in [0.15, 0.2) is 48.4 Å². The van der Waals surface area contributed by atoms with E-state index in [1.54, 1.807) is 11.3 Å². The first kappa shape index (κ1) is 16.6. The van der Waals surface area contributed by atoms with Crippen LogP contribution in [-0.4, -0.2) is 53.0 Å². The molecule has 0 saturated carbocycles. The molecule has 1 aliphatic heterocycles. The summed E-state index contributed by atoms with van der Waals surface area (Å²) in [6, 6.07) is 8.59. The second-order valence-electron chi connectivity index (χ2n) is 7.06. The number of aromatic nitrogens is 2. The van der Waals surface area contributed by atoms with E-state index in [2.05, 4.69) is 57.3 Å². The van der Waals surface area contributed by atoms with Crippen LogP contribution in [0.2, 0.25) is 0 Å². The van der Waals surface area contributed by atoms with Gasteiger partial charge in [0.1, 0.15) is 0 Å². The van der Waals surface area contributed by atoms with Crippen LogP contribution >= 0.6 is 11.3 Å². The molecule has 0 bridgehead atoms. The Labute approximate surface area is 153 Å². The first-order valence-corrected chi connectivity index (χ1v) is 9.76. The van der Waals surface area contributed by atoms with Crippen LogP contribution in [0.25, 0.3) is 10.8 Å². The molecule has 25 heavy (non-hydrogen) atoms. The molecule has 0 N–H and O–H groups in total. The van der Waals surface area contributed by atoms with Gasteiger partial charge < -0.3 is 4.90 Å². The molecule has 0 spiro atoms. The van der Waals surface area contributed by atoms with Gasteiger partial charge in [-0.1, -0.05) is 24.3 Å². The number of hydrogen-bond acceptors (Lipinski definition) is 5. The summed E-state index contributed by atoms with van der Waals surface area (Å²) in [4.78, 5) is 15.1. The lowest BCUT2D eigenvalue weighted by molar-refractivity contribution is 0.251. The van der Waals surface area contributed by atoms with Gasteiger partial charge >= 0.3 is 0 Å². The lowest BCUT2D eigenvalue weighted by atomic mass is 9.96. The van der Waals surface area contributed by atoms with Gasteiger partial charge in [-0.2, -0.15) is 0 Å². The molecule has 1 aromatic carbocycles. The predicted molar refractivity (Wildman–Crippen MR) is 104 cm³/mol. The third-order valence-electron chi connectivity index (χ3n) is 5.01. The van der Waals surface area contributed by atoms with Crippen LogP contribution in [0, 0.1) is 5.92 Å². The molecule has 3 heterocycles. The number of thiazole rings is 1. The Hall–Kier alpha value is -1.82. The van der Waals surface area contributed by atoms with Crippen molar-refractivity contribution in [1.29, 1.82) is 0 Å². The molecule has 5 heteroatoms. The summed E-state index contributed by atoms with van der Waals surface area (Å²) in [6.45, 7) is 5.54. The molecular formula is C20H24N4S. The van der Waals surface area contributed by atoms with Crippen molar-refractivity contribution < 1.29 is 0 Å². The average Bonchev–Trinajstić information content (AvgIpc) is 3.06. The minimum Gasteiger partial charge on any atom is -0.305 e. The number of nitrogens with zero attached hydrogens (tertiary/aromatic N) is 4. The molecule has 1 unspecified atom stereocenters. The Morgan fingerprint density at radius 1 is 1.08 bits per heavy atom. The van der Waals surface area contributed by atoms with Crippen molar-refractivity contribution in [2.45, 2.75) is 13.0 Å². The largest absolute Gasteiger partial charge is 0.305 e. The van der Waals surface area contributed by atoms with Crippen LogP contribution in [0.4, 0.5) is 0 Å². The monoisotopic (exact) mass is 352 g/mol. The van der Waals surface area contributed by atoms with Gasteiger partial charge in [-0.15, -0.1) is 11.3 Å². The summed E-state index contributed by atoms with van der Waals surface area (Å²) in [6.07, 6.45) is 7.11. The second-order valence-corrected chi connectivity index (χ2v) is 8.03. The number of pyridine rings is 1. The van der Waals surface area contributed by atoms with Gasteiger partial charge in [0, 0.05) is 61.6 Å². The third-order valence-corrected chi connectivity index (χ3v) is 5.77. The van der Waals surface area contributed by atoms with Crippen LogP contribution in [0.5, 0.6) is 0 Å². The van der Waals surface area contributed by atoms with Crippen LogP contribution in [-0.2, 0) is 13.0 Å². The first-order chi connectivity index (χ1) is 12.3. The van der Waals surface area contributed by atoms with Gasteiger partial charge in [-0.25, -0.2) is 0 Å². The number of likely N-dealkylation sites (N-methyl/N-ethyl adjacent to an activating group) is 1. The van der Waals surface area contributed by atoms with Gasteiger partial charge in [-0.05, 0) is 30.3 Å². The molecule has 4 nitrogen and oxygen atoms in total. The van der Waals surface area contributed by atoms with Gasteiger partial charge in [0.25, 0.3) is 0 Å². The Morgan fingerprint density at radius 2 is 2.00 bits per heavy atom. The SMILES string of the molecule is CN1CCN(Cc2cncs2)CC(Cc2cncc3ccccc23)C1. The Kier molecular flexibility index (Phi) is 5.06. The summed E-state index contributed by atoms with van der Waals surface area (Å²) in [7, 11) is 2.24. The Bertz CT molecular complexity index is 812. The zero-order chi connectivity index (χ0) is 17.1. The fourth-order valence-electron chi connectivity index (χ4n) is 3.82. The molecule has 130 valence electrons. The van der Waals surface area contributed by atoms with Gasteiger partial charge in [0.15, 0.2) is 0 Å². The van der Waals surface area contributed by atoms with E-state index in [0.717, 1.165) is 39.1 Å². The summed E-state index contributed by atoms with van der Waals surface area (Å²) in [5.41, 5.74) is 3.30. The minimum atomic E-state index is 0.619. The molecule has 0 aliphatic carbocycles. The molecule has 1 saturated heterocycles. The van der Waals surface area contributed by atoms with E-state index >= 15 is 0 Å². The molecule has 1 fully saturated rings. The molecular weight excluding hydrogens is 328 g/mol. The highest BCUT2D eigenvalue weighted by molar-refractivity contribution is 7.09. The second kappa shape index (κ2) is 7.60. The molecule has 2 aromatic heterocycles. The standard InChI is InChI=1S/C20H24N4S/c1-23-6-7-24(14-19-11-22-15-25-19)13-16(12-23)8-18-10-21-9-17-4-2-3-5-20(17)18/h2-5,9-11,15-16H,6-8,12-14H2,1H3. The van der Waals surface area contributed by atoms with E-state index in [4.69, 9.17) is 0 Å². The smallest absolute Gasteiger partial charge is 0.0794 e. The molecule has 4 rings (SSSR count). The van der Waals surface area contributed by atoms with Crippen molar-refractivity contribution in [2.75, 3.05) is 33.2 Å². The summed E-state index contributed by atoms with van der Waals surface area (Å²) in [5.74, 6) is 0.619. The van der Waals surface area contributed by atoms with Crippen molar-refractivity contribution in [2.24, 2.45) is 5.92 Å². The van der Waals surface area contributed by atoms with Crippen LogP contribution in [0.3, 0.4) is 0 Å². The van der Waals surface area contributed by atoms with E-state index in [1.807, 2.05) is 17.9 Å². The fourth-order valence-corrected chi connectivity index (χ4v) is 4.46. The van der Waals surface area contributed by atoms with E-state index in [-0.39, 0.29) is 0 Å². The topological polar surface area (TPSA) is 32.3 Å². The third kappa shape index (κ3) is 4.06. The normalized spacial score (nSPS) is 20.0. The lowest BCUT2D eigenvalue weighted by Gasteiger charge is -2.23. The lowest BCUT2D eigenvalue weighted by Crippen LogP contribution is -2.30. The molecule has 0 amide bonds. The molecule has 0 radical (unpaired) electrons.